The van der Waals surface area contributed by atoms with Crippen molar-refractivity contribution in [2.45, 2.75) is 26.2 Å². The summed E-state index contributed by atoms with van der Waals surface area (Å²) < 4.78 is 1.10. The van der Waals surface area contributed by atoms with Crippen molar-refractivity contribution in [1.82, 2.24) is 0 Å². The van der Waals surface area contributed by atoms with Gasteiger partial charge >= 0.3 is 0 Å². The van der Waals surface area contributed by atoms with Crippen LogP contribution in [0.2, 0.25) is 5.02 Å². The number of hydrogen-bond acceptors (Lipinski definition) is 0. The number of rotatable bonds is 4. The lowest BCUT2D eigenvalue weighted by Crippen LogP contribution is -1.73. The molecule has 80 valence electrons. The molecule has 0 aromatic heterocycles. The average molecular weight is 286 g/mol. The second kappa shape index (κ2) is 6.90. The summed E-state index contributed by atoms with van der Waals surface area (Å²) >= 11 is 9.51. The first-order valence-electron chi connectivity index (χ1n) is 5.09. The highest BCUT2D eigenvalue weighted by atomic mass is 79.9. The fourth-order valence-corrected chi connectivity index (χ4v) is 1.74. The lowest BCUT2D eigenvalue weighted by atomic mass is 10.2. The molecular formula is C13H14BrCl. The lowest BCUT2D eigenvalue weighted by Gasteiger charge is -1.95. The SMILES string of the molecule is CCCCC(Br)=C=Cc1ccccc1Cl. The van der Waals surface area contributed by atoms with Crippen molar-refractivity contribution in [3.63, 3.8) is 0 Å². The van der Waals surface area contributed by atoms with Gasteiger partial charge in [0.2, 0.25) is 0 Å². The minimum Gasteiger partial charge on any atom is -0.109 e. The number of unbranched alkanes of at least 4 members (excludes halogenated alkanes) is 1. The fourth-order valence-electron chi connectivity index (χ4n) is 1.15. The zero-order chi connectivity index (χ0) is 11.1. The third-order valence-corrected chi connectivity index (χ3v) is 3.01. The van der Waals surface area contributed by atoms with Gasteiger partial charge in [-0.2, -0.15) is 0 Å². The van der Waals surface area contributed by atoms with Crippen LogP contribution in [0.5, 0.6) is 0 Å². The zero-order valence-corrected chi connectivity index (χ0v) is 11.1. The second-order valence-electron chi connectivity index (χ2n) is 3.32. The van der Waals surface area contributed by atoms with E-state index in [1.807, 2.05) is 30.3 Å². The summed E-state index contributed by atoms with van der Waals surface area (Å²) in [4.78, 5) is 0. The molecule has 0 fully saturated rings. The van der Waals surface area contributed by atoms with Gasteiger partial charge in [-0.05, 0) is 40.9 Å². The highest BCUT2D eigenvalue weighted by Crippen LogP contribution is 2.18. The quantitative estimate of drug-likeness (QED) is 0.648. The Balaban J connectivity index is 2.76. The van der Waals surface area contributed by atoms with Crippen LogP contribution in [0.3, 0.4) is 0 Å². The van der Waals surface area contributed by atoms with Crippen LogP contribution in [0, 0.1) is 0 Å². The monoisotopic (exact) mass is 284 g/mol. The van der Waals surface area contributed by atoms with Crippen molar-refractivity contribution in [2.75, 3.05) is 0 Å². The van der Waals surface area contributed by atoms with Crippen molar-refractivity contribution >= 4 is 33.6 Å². The summed E-state index contributed by atoms with van der Waals surface area (Å²) in [6, 6.07) is 7.76. The van der Waals surface area contributed by atoms with E-state index in [4.69, 9.17) is 11.6 Å². The van der Waals surface area contributed by atoms with Gasteiger partial charge in [0.05, 0.1) is 0 Å². The smallest absolute Gasteiger partial charge is 0.0484 e. The largest absolute Gasteiger partial charge is 0.109 e. The summed E-state index contributed by atoms with van der Waals surface area (Å²) in [5, 5.41) is 0.765. The van der Waals surface area contributed by atoms with Gasteiger partial charge in [0.15, 0.2) is 0 Å². The maximum absolute atomic E-state index is 6.02. The van der Waals surface area contributed by atoms with Crippen molar-refractivity contribution < 1.29 is 0 Å². The Morgan fingerprint density at radius 2 is 2.20 bits per heavy atom. The molecule has 0 atom stereocenters. The normalized spacial score (nSPS) is 9.53. The molecule has 0 aliphatic carbocycles. The Morgan fingerprint density at radius 1 is 1.47 bits per heavy atom. The van der Waals surface area contributed by atoms with Crippen LogP contribution in [-0.2, 0) is 0 Å². The first-order chi connectivity index (χ1) is 7.24. The van der Waals surface area contributed by atoms with Gasteiger partial charge in [-0.3, -0.25) is 0 Å². The van der Waals surface area contributed by atoms with Crippen LogP contribution in [0.15, 0.2) is 34.5 Å². The topological polar surface area (TPSA) is 0 Å². The van der Waals surface area contributed by atoms with Crippen molar-refractivity contribution in [1.29, 1.82) is 0 Å². The Labute approximate surface area is 105 Å². The third-order valence-electron chi connectivity index (χ3n) is 2.04. The molecule has 0 N–H and O–H groups in total. The summed E-state index contributed by atoms with van der Waals surface area (Å²) in [5.41, 5.74) is 4.21. The van der Waals surface area contributed by atoms with Gasteiger partial charge in [-0.15, -0.1) is 5.73 Å². The lowest BCUT2D eigenvalue weighted by molar-refractivity contribution is 0.811. The average Bonchev–Trinajstić information content (AvgIpc) is 2.25. The Bertz CT molecular complexity index is 376. The van der Waals surface area contributed by atoms with Gasteiger partial charge in [0.25, 0.3) is 0 Å². The first-order valence-corrected chi connectivity index (χ1v) is 6.26. The molecular weight excluding hydrogens is 272 g/mol. The maximum atomic E-state index is 6.02. The third kappa shape index (κ3) is 4.70. The van der Waals surface area contributed by atoms with Crippen LogP contribution in [-0.4, -0.2) is 0 Å². The maximum Gasteiger partial charge on any atom is 0.0484 e. The molecule has 1 rings (SSSR count). The van der Waals surface area contributed by atoms with E-state index in [9.17, 15) is 0 Å². The molecule has 0 bridgehead atoms. The molecule has 1 aromatic carbocycles. The molecule has 0 heterocycles. The van der Waals surface area contributed by atoms with Crippen LogP contribution < -0.4 is 0 Å². The molecule has 15 heavy (non-hydrogen) atoms. The summed E-state index contributed by atoms with van der Waals surface area (Å²) in [5.74, 6) is 0. The summed E-state index contributed by atoms with van der Waals surface area (Å²) in [6.45, 7) is 2.18. The minimum absolute atomic E-state index is 0.765. The number of halogens is 2. The minimum atomic E-state index is 0.765. The van der Waals surface area contributed by atoms with Crippen LogP contribution in [0.4, 0.5) is 0 Å². The van der Waals surface area contributed by atoms with E-state index in [0.29, 0.717) is 0 Å². The van der Waals surface area contributed by atoms with Crippen molar-refractivity contribution in [2.24, 2.45) is 0 Å². The zero-order valence-electron chi connectivity index (χ0n) is 8.76. The Hall–Kier alpha value is -0.490. The predicted octanol–water partition coefficient (Wildman–Crippen LogP) is 5.42. The standard InChI is InChI=1S/C13H14BrCl/c1-2-3-7-12(14)10-9-11-6-4-5-8-13(11)15/h4-6,8-9H,2-3,7H2,1H3. The van der Waals surface area contributed by atoms with E-state index in [2.05, 4.69) is 28.6 Å². The Kier molecular flexibility index (Phi) is 5.78. The van der Waals surface area contributed by atoms with Gasteiger partial charge in [-0.25, -0.2) is 0 Å². The van der Waals surface area contributed by atoms with Crippen LogP contribution in [0.1, 0.15) is 31.7 Å². The highest BCUT2D eigenvalue weighted by Gasteiger charge is 1.93. The molecule has 0 saturated carbocycles. The van der Waals surface area contributed by atoms with Gasteiger partial charge in [-0.1, -0.05) is 43.1 Å². The van der Waals surface area contributed by atoms with E-state index in [-0.39, 0.29) is 0 Å². The molecule has 1 aromatic rings. The van der Waals surface area contributed by atoms with Gasteiger partial charge in [0, 0.05) is 15.1 Å². The molecule has 0 saturated heterocycles. The van der Waals surface area contributed by atoms with E-state index in [0.717, 1.165) is 21.5 Å². The van der Waals surface area contributed by atoms with E-state index in [1.165, 1.54) is 12.8 Å². The van der Waals surface area contributed by atoms with E-state index < -0.39 is 0 Å². The number of benzene rings is 1. The van der Waals surface area contributed by atoms with Gasteiger partial charge in [0.1, 0.15) is 0 Å². The Morgan fingerprint density at radius 3 is 2.87 bits per heavy atom. The fraction of sp³-hybridized carbons (Fsp3) is 0.308. The molecule has 0 amide bonds. The molecule has 0 spiro atoms. The van der Waals surface area contributed by atoms with Crippen molar-refractivity contribution in [3.8, 4) is 0 Å². The second-order valence-corrected chi connectivity index (χ2v) is 4.68. The predicted molar refractivity (Wildman–Crippen MR) is 71.4 cm³/mol. The van der Waals surface area contributed by atoms with Crippen LogP contribution >= 0.6 is 27.5 Å². The number of hydrogen-bond donors (Lipinski definition) is 0. The molecule has 2 heteroatoms. The highest BCUT2D eigenvalue weighted by molar-refractivity contribution is 9.11. The first kappa shape index (κ1) is 12.6. The number of allylic oxidation sites excluding steroid dienone is 1. The van der Waals surface area contributed by atoms with Gasteiger partial charge < -0.3 is 0 Å². The molecule has 0 unspecified atom stereocenters. The molecule has 0 aliphatic heterocycles. The molecule has 0 radical (unpaired) electrons. The molecule has 0 aliphatic rings. The van der Waals surface area contributed by atoms with Crippen molar-refractivity contribution in [3.05, 3.63) is 45.1 Å². The molecule has 0 nitrogen and oxygen atoms in total. The van der Waals surface area contributed by atoms with E-state index in [1.54, 1.807) is 0 Å². The summed E-state index contributed by atoms with van der Waals surface area (Å²) in [7, 11) is 0. The van der Waals surface area contributed by atoms with Crippen LogP contribution in [0.25, 0.3) is 6.08 Å². The summed E-state index contributed by atoms with van der Waals surface area (Å²) in [6.07, 6.45) is 5.34. The van der Waals surface area contributed by atoms with E-state index >= 15 is 0 Å².